The predicted molar refractivity (Wildman–Crippen MR) is 90.1 cm³/mol. The number of rotatable bonds is 1. The first kappa shape index (κ1) is 12.7. The smallest absolute Gasteiger partial charge is 0.162 e. The second-order valence-electron chi connectivity index (χ2n) is 4.95. The first-order chi connectivity index (χ1) is 10.2. The van der Waals surface area contributed by atoms with Gasteiger partial charge in [-0.15, -0.1) is 11.3 Å². The molecule has 0 atom stereocenters. The summed E-state index contributed by atoms with van der Waals surface area (Å²) in [7, 11) is 0. The highest BCUT2D eigenvalue weighted by atomic mass is 35.5. The lowest BCUT2D eigenvalue weighted by Gasteiger charge is -2.06. The van der Waals surface area contributed by atoms with Crippen molar-refractivity contribution in [3.63, 3.8) is 0 Å². The summed E-state index contributed by atoms with van der Waals surface area (Å²) in [6.45, 7) is 2.03. The van der Waals surface area contributed by atoms with Gasteiger partial charge in [-0.3, -0.25) is 0 Å². The van der Waals surface area contributed by atoms with Crippen LogP contribution in [0.2, 0.25) is 5.15 Å². The zero-order valence-corrected chi connectivity index (χ0v) is 12.9. The van der Waals surface area contributed by atoms with Gasteiger partial charge in [0, 0.05) is 26.4 Å². The van der Waals surface area contributed by atoms with E-state index in [1.54, 1.807) is 11.3 Å². The van der Waals surface area contributed by atoms with Crippen LogP contribution in [0.1, 0.15) is 5.56 Å². The van der Waals surface area contributed by atoms with Crippen molar-refractivity contribution in [1.82, 2.24) is 9.97 Å². The van der Waals surface area contributed by atoms with Gasteiger partial charge in [-0.1, -0.05) is 41.9 Å². The Bertz CT molecular complexity index is 975. The van der Waals surface area contributed by atoms with E-state index in [1.807, 2.05) is 37.3 Å². The minimum absolute atomic E-state index is 0.517. The highest BCUT2D eigenvalue weighted by Gasteiger charge is 2.13. The monoisotopic (exact) mass is 310 g/mol. The van der Waals surface area contributed by atoms with Crippen molar-refractivity contribution in [2.24, 2.45) is 0 Å². The molecule has 4 heteroatoms. The second kappa shape index (κ2) is 4.79. The number of nitrogens with zero attached hydrogens (tertiary/aromatic N) is 2. The lowest BCUT2D eigenvalue weighted by atomic mass is 10.1. The molecule has 0 aliphatic rings. The fraction of sp³-hybridized carbons (Fsp3) is 0.0588. The van der Waals surface area contributed by atoms with Gasteiger partial charge in [0.05, 0.1) is 5.52 Å². The Morgan fingerprint density at radius 3 is 2.76 bits per heavy atom. The summed E-state index contributed by atoms with van der Waals surface area (Å²) in [5, 5.41) is 4.72. The van der Waals surface area contributed by atoms with E-state index in [2.05, 4.69) is 22.5 Å². The third kappa shape index (κ3) is 2.01. The van der Waals surface area contributed by atoms with E-state index >= 15 is 0 Å². The molecule has 4 rings (SSSR count). The van der Waals surface area contributed by atoms with E-state index in [0.29, 0.717) is 11.0 Å². The van der Waals surface area contributed by atoms with Crippen LogP contribution in [0.5, 0.6) is 0 Å². The van der Waals surface area contributed by atoms with Crippen LogP contribution < -0.4 is 0 Å². The van der Waals surface area contributed by atoms with Gasteiger partial charge in [-0.25, -0.2) is 9.97 Å². The van der Waals surface area contributed by atoms with Gasteiger partial charge in [0.15, 0.2) is 5.82 Å². The van der Waals surface area contributed by atoms with Crippen molar-refractivity contribution in [2.75, 3.05) is 0 Å². The van der Waals surface area contributed by atoms with E-state index in [4.69, 9.17) is 16.6 Å². The number of fused-ring (bicyclic) bond motifs is 2. The Morgan fingerprint density at radius 1 is 1.00 bits per heavy atom. The highest BCUT2D eigenvalue weighted by Crippen LogP contribution is 2.34. The largest absolute Gasteiger partial charge is 0.228 e. The summed E-state index contributed by atoms with van der Waals surface area (Å²) >= 11 is 8.09. The number of halogens is 1. The van der Waals surface area contributed by atoms with E-state index in [0.717, 1.165) is 22.0 Å². The minimum Gasteiger partial charge on any atom is -0.228 e. The molecule has 2 aromatic carbocycles. The zero-order chi connectivity index (χ0) is 14.4. The molecular weight excluding hydrogens is 300 g/mol. The molecule has 0 bridgehead atoms. The SMILES string of the molecule is Cc1cccc2nc(-c3csc4ccccc34)nc(Cl)c12. The molecule has 0 amide bonds. The summed E-state index contributed by atoms with van der Waals surface area (Å²) in [4.78, 5) is 9.22. The van der Waals surface area contributed by atoms with Crippen LogP contribution >= 0.6 is 22.9 Å². The quantitative estimate of drug-likeness (QED) is 0.435. The summed E-state index contributed by atoms with van der Waals surface area (Å²) in [6.07, 6.45) is 0. The number of aryl methyl sites for hydroxylation is 1. The fourth-order valence-electron chi connectivity index (χ4n) is 2.57. The van der Waals surface area contributed by atoms with Crippen LogP contribution in [0, 0.1) is 6.92 Å². The average molecular weight is 311 g/mol. The molecule has 0 unspecified atom stereocenters. The van der Waals surface area contributed by atoms with Crippen molar-refractivity contribution >= 4 is 43.9 Å². The van der Waals surface area contributed by atoms with Gasteiger partial charge >= 0.3 is 0 Å². The molecule has 0 aliphatic heterocycles. The molecule has 0 saturated heterocycles. The van der Waals surface area contributed by atoms with Gasteiger partial charge in [-0.05, 0) is 24.6 Å². The number of thiophene rings is 1. The Morgan fingerprint density at radius 2 is 1.86 bits per heavy atom. The van der Waals surface area contributed by atoms with Gasteiger partial charge in [0.2, 0.25) is 0 Å². The van der Waals surface area contributed by atoms with E-state index < -0.39 is 0 Å². The summed E-state index contributed by atoms with van der Waals surface area (Å²) < 4.78 is 1.23. The molecule has 102 valence electrons. The molecule has 2 heterocycles. The van der Waals surface area contributed by atoms with Crippen molar-refractivity contribution in [3.05, 3.63) is 58.6 Å². The normalized spacial score (nSPS) is 11.3. The number of aromatic nitrogens is 2. The van der Waals surface area contributed by atoms with Crippen LogP contribution in [0.15, 0.2) is 47.8 Å². The molecule has 2 aromatic heterocycles. The Hall–Kier alpha value is -1.97. The van der Waals surface area contributed by atoms with Crippen LogP contribution in [0.25, 0.3) is 32.4 Å². The molecular formula is C17H11ClN2S. The van der Waals surface area contributed by atoms with Crippen molar-refractivity contribution in [1.29, 1.82) is 0 Å². The average Bonchev–Trinajstić information content (AvgIpc) is 2.91. The Labute approximate surface area is 131 Å². The predicted octanol–water partition coefficient (Wildman–Crippen LogP) is 5.47. The fourth-order valence-corrected chi connectivity index (χ4v) is 3.84. The molecule has 4 aromatic rings. The van der Waals surface area contributed by atoms with Gasteiger partial charge in [0.1, 0.15) is 5.15 Å². The first-order valence-corrected chi connectivity index (χ1v) is 7.89. The topological polar surface area (TPSA) is 25.8 Å². The van der Waals surface area contributed by atoms with Crippen LogP contribution in [0.3, 0.4) is 0 Å². The molecule has 0 radical (unpaired) electrons. The standard InChI is InChI=1S/C17H11ClN2S/c1-10-5-4-7-13-15(10)16(18)20-17(19-13)12-9-21-14-8-3-2-6-11(12)14/h2-9H,1H3. The Balaban J connectivity index is 2.03. The zero-order valence-electron chi connectivity index (χ0n) is 11.3. The van der Waals surface area contributed by atoms with Crippen molar-refractivity contribution < 1.29 is 0 Å². The molecule has 0 N–H and O–H groups in total. The van der Waals surface area contributed by atoms with Gasteiger partial charge < -0.3 is 0 Å². The maximum Gasteiger partial charge on any atom is 0.162 e. The highest BCUT2D eigenvalue weighted by molar-refractivity contribution is 7.17. The third-order valence-electron chi connectivity index (χ3n) is 3.61. The van der Waals surface area contributed by atoms with E-state index in [1.165, 1.54) is 10.1 Å². The third-order valence-corrected chi connectivity index (χ3v) is 4.85. The van der Waals surface area contributed by atoms with Crippen molar-refractivity contribution in [3.8, 4) is 11.4 Å². The van der Waals surface area contributed by atoms with Gasteiger partial charge in [-0.2, -0.15) is 0 Å². The Kier molecular flexibility index (Phi) is 2.91. The van der Waals surface area contributed by atoms with E-state index in [9.17, 15) is 0 Å². The molecule has 0 aliphatic carbocycles. The maximum absolute atomic E-state index is 6.39. The van der Waals surface area contributed by atoms with E-state index in [-0.39, 0.29) is 0 Å². The summed E-state index contributed by atoms with van der Waals surface area (Å²) in [6, 6.07) is 14.3. The molecule has 0 fully saturated rings. The van der Waals surface area contributed by atoms with Crippen LogP contribution in [0.4, 0.5) is 0 Å². The maximum atomic E-state index is 6.39. The number of hydrogen-bond acceptors (Lipinski definition) is 3. The minimum atomic E-state index is 0.517. The number of benzene rings is 2. The van der Waals surface area contributed by atoms with Crippen LogP contribution in [-0.4, -0.2) is 9.97 Å². The number of hydrogen-bond donors (Lipinski definition) is 0. The van der Waals surface area contributed by atoms with Crippen LogP contribution in [-0.2, 0) is 0 Å². The molecule has 0 spiro atoms. The van der Waals surface area contributed by atoms with Gasteiger partial charge in [0.25, 0.3) is 0 Å². The lowest BCUT2D eigenvalue weighted by Crippen LogP contribution is -1.92. The molecule has 0 saturated carbocycles. The molecule has 2 nitrogen and oxygen atoms in total. The van der Waals surface area contributed by atoms with Crippen molar-refractivity contribution in [2.45, 2.75) is 6.92 Å². The summed E-state index contributed by atoms with van der Waals surface area (Å²) in [5.74, 6) is 0.690. The molecule has 21 heavy (non-hydrogen) atoms. The second-order valence-corrected chi connectivity index (χ2v) is 6.22. The first-order valence-electron chi connectivity index (χ1n) is 6.63. The lowest BCUT2D eigenvalue weighted by molar-refractivity contribution is 1.23. The summed E-state index contributed by atoms with van der Waals surface area (Å²) in [5.41, 5.74) is 3.03.